The molecule has 0 aliphatic heterocycles. The van der Waals surface area contributed by atoms with Gasteiger partial charge in [-0.05, 0) is 84.9 Å². The predicted octanol–water partition coefficient (Wildman–Crippen LogP) is 4.05. The van der Waals surface area contributed by atoms with Gasteiger partial charge in [0.1, 0.15) is 0 Å². The molecule has 0 amide bonds. The highest BCUT2D eigenvalue weighted by Gasteiger charge is 2.66. The number of rotatable bonds is 3. The molecule has 8 atom stereocenters. The van der Waals surface area contributed by atoms with Gasteiger partial charge in [0.15, 0.2) is 0 Å². The topological polar surface area (TPSA) is 80.9 Å². The first-order valence-electron chi connectivity index (χ1n) is 11.9. The quantitative estimate of drug-likeness (QED) is 0.544. The summed E-state index contributed by atoms with van der Waals surface area (Å²) in [5.74, 6) is -1.14. The minimum Gasteiger partial charge on any atom is -0.361 e. The molecule has 0 radical (unpaired) electrons. The van der Waals surface area contributed by atoms with Crippen LogP contribution in [0.5, 0.6) is 0 Å². The van der Waals surface area contributed by atoms with Crippen molar-refractivity contribution in [2.24, 2.45) is 46.3 Å². The number of fused-ring (bicyclic) bond motifs is 5. The Balaban J connectivity index is 1.60. The van der Waals surface area contributed by atoms with E-state index in [1.165, 1.54) is 38.5 Å². The van der Waals surface area contributed by atoms with Gasteiger partial charge in [-0.3, -0.25) is 0 Å². The lowest BCUT2D eigenvalue weighted by Gasteiger charge is -2.63. The van der Waals surface area contributed by atoms with Crippen LogP contribution in [0.3, 0.4) is 0 Å². The van der Waals surface area contributed by atoms with E-state index in [9.17, 15) is 20.4 Å². The average molecular weight is 395 g/mol. The predicted molar refractivity (Wildman–Crippen MR) is 109 cm³/mol. The average Bonchev–Trinajstić information content (AvgIpc) is 2.93. The molecule has 0 aromatic heterocycles. The lowest BCUT2D eigenvalue weighted by molar-refractivity contribution is -0.398. The van der Waals surface area contributed by atoms with Crippen LogP contribution in [0.4, 0.5) is 0 Å². The Morgan fingerprint density at radius 2 is 1.54 bits per heavy atom. The summed E-state index contributed by atoms with van der Waals surface area (Å²) < 4.78 is 0. The summed E-state index contributed by atoms with van der Waals surface area (Å²) >= 11 is 0. The fourth-order valence-electron chi connectivity index (χ4n) is 8.96. The molecule has 0 aromatic carbocycles. The van der Waals surface area contributed by atoms with E-state index >= 15 is 0 Å². The minimum absolute atomic E-state index is 0.0812. The van der Waals surface area contributed by atoms with Crippen LogP contribution in [0.1, 0.15) is 91.9 Å². The maximum atomic E-state index is 10.5. The van der Waals surface area contributed by atoms with Crippen molar-refractivity contribution in [2.45, 2.75) is 103 Å². The highest BCUT2D eigenvalue weighted by atomic mass is 16.6. The Morgan fingerprint density at radius 1 is 0.857 bits per heavy atom. The Labute approximate surface area is 170 Å². The van der Waals surface area contributed by atoms with Gasteiger partial charge in [0.05, 0.1) is 0 Å². The van der Waals surface area contributed by atoms with E-state index in [4.69, 9.17) is 0 Å². The van der Waals surface area contributed by atoms with Crippen molar-refractivity contribution in [3.8, 4) is 0 Å². The third-order valence-corrected chi connectivity index (χ3v) is 10.4. The summed E-state index contributed by atoms with van der Waals surface area (Å²) in [5.41, 5.74) is 0.219. The second-order valence-corrected chi connectivity index (χ2v) is 11.7. The molecule has 4 rings (SSSR count). The van der Waals surface area contributed by atoms with Crippen LogP contribution < -0.4 is 0 Å². The van der Waals surface area contributed by atoms with Crippen molar-refractivity contribution in [2.75, 3.05) is 0 Å². The first-order valence-corrected chi connectivity index (χ1v) is 11.9. The van der Waals surface area contributed by atoms with Crippen LogP contribution >= 0.6 is 0 Å². The van der Waals surface area contributed by atoms with Crippen molar-refractivity contribution >= 4 is 0 Å². The van der Waals surface area contributed by atoms with Gasteiger partial charge in [0, 0.05) is 12.8 Å². The number of hydrogen-bond donors (Lipinski definition) is 4. The van der Waals surface area contributed by atoms with Gasteiger partial charge in [-0.2, -0.15) is 0 Å². The third kappa shape index (κ3) is 2.85. The molecule has 4 fully saturated rings. The highest BCUT2D eigenvalue weighted by Crippen LogP contribution is 2.69. The maximum Gasteiger partial charge on any atom is 0.218 e. The van der Waals surface area contributed by atoms with E-state index in [1.54, 1.807) is 0 Å². The van der Waals surface area contributed by atoms with E-state index in [0.717, 1.165) is 30.6 Å². The zero-order valence-electron chi connectivity index (χ0n) is 18.3. The van der Waals surface area contributed by atoms with Gasteiger partial charge in [0.2, 0.25) is 11.6 Å². The zero-order chi connectivity index (χ0) is 20.5. The zero-order valence-corrected chi connectivity index (χ0v) is 18.3. The first kappa shape index (κ1) is 21.1. The second-order valence-electron chi connectivity index (χ2n) is 11.7. The molecule has 4 heteroatoms. The van der Waals surface area contributed by atoms with Crippen molar-refractivity contribution in [3.05, 3.63) is 0 Å². The van der Waals surface area contributed by atoms with E-state index in [2.05, 4.69) is 27.7 Å². The lowest BCUT2D eigenvalue weighted by atomic mass is 9.43. The molecule has 4 N–H and O–H groups in total. The lowest BCUT2D eigenvalue weighted by Crippen LogP contribution is -2.66. The van der Waals surface area contributed by atoms with Gasteiger partial charge < -0.3 is 20.4 Å². The Bertz CT molecular complexity index is 601. The van der Waals surface area contributed by atoms with Crippen LogP contribution in [0.25, 0.3) is 0 Å². The van der Waals surface area contributed by atoms with Crippen LogP contribution in [0, 0.1) is 46.3 Å². The van der Waals surface area contributed by atoms with Gasteiger partial charge >= 0.3 is 0 Å². The van der Waals surface area contributed by atoms with E-state index < -0.39 is 11.6 Å². The molecule has 4 aliphatic carbocycles. The fraction of sp³-hybridized carbons (Fsp3) is 1.00. The van der Waals surface area contributed by atoms with Gasteiger partial charge in [-0.1, -0.05) is 40.5 Å². The van der Waals surface area contributed by atoms with Crippen LogP contribution in [-0.2, 0) is 0 Å². The molecule has 0 spiro atoms. The van der Waals surface area contributed by atoms with Crippen LogP contribution in [0.15, 0.2) is 0 Å². The molecule has 4 nitrogen and oxygen atoms in total. The smallest absolute Gasteiger partial charge is 0.218 e. The monoisotopic (exact) mass is 394 g/mol. The molecule has 0 bridgehead atoms. The summed E-state index contributed by atoms with van der Waals surface area (Å²) in [5, 5.41) is 41.4. The molecular formula is C24H42O4. The van der Waals surface area contributed by atoms with Gasteiger partial charge in [0.25, 0.3) is 0 Å². The van der Waals surface area contributed by atoms with Crippen molar-refractivity contribution in [1.29, 1.82) is 0 Å². The van der Waals surface area contributed by atoms with Gasteiger partial charge in [-0.15, -0.1) is 0 Å². The van der Waals surface area contributed by atoms with E-state index in [-0.39, 0.29) is 24.2 Å². The van der Waals surface area contributed by atoms with Crippen molar-refractivity contribution in [3.63, 3.8) is 0 Å². The summed E-state index contributed by atoms with van der Waals surface area (Å²) in [4.78, 5) is 0. The largest absolute Gasteiger partial charge is 0.361 e. The summed E-state index contributed by atoms with van der Waals surface area (Å²) in [7, 11) is 0. The maximum absolute atomic E-state index is 10.5. The second kappa shape index (κ2) is 6.67. The molecule has 0 heterocycles. The molecule has 0 saturated heterocycles. The standard InChI is InChI=1S/C24H42O4/c1-5-6-15(2)18-9-10-19-17-8-7-16-13-23(25,26)24(27,28)14-22(16,4)20(17)11-12-21(18,19)3/h15-20,25-28H,5-14H2,1-4H3/t15-,16?,17+,18-,19+,20+,21-,22+/m1/s1. The van der Waals surface area contributed by atoms with Crippen molar-refractivity contribution < 1.29 is 20.4 Å². The van der Waals surface area contributed by atoms with Crippen molar-refractivity contribution in [1.82, 2.24) is 0 Å². The first-order chi connectivity index (χ1) is 13.0. The molecule has 1 unspecified atom stereocenters. The minimum atomic E-state index is -2.41. The normalized spacial score (nSPS) is 50.4. The molecule has 0 aromatic rings. The van der Waals surface area contributed by atoms with E-state index in [1.807, 2.05) is 0 Å². The summed E-state index contributed by atoms with van der Waals surface area (Å²) in [6.45, 7) is 9.52. The summed E-state index contributed by atoms with van der Waals surface area (Å²) in [6, 6.07) is 0. The summed E-state index contributed by atoms with van der Waals surface area (Å²) in [6.07, 6.45) is 9.98. The molecule has 4 aliphatic rings. The Morgan fingerprint density at radius 3 is 2.21 bits per heavy atom. The Kier molecular flexibility index (Phi) is 5.02. The van der Waals surface area contributed by atoms with Crippen LogP contribution in [0.2, 0.25) is 0 Å². The highest BCUT2D eigenvalue weighted by molar-refractivity contribution is 5.12. The molecule has 28 heavy (non-hydrogen) atoms. The molecule has 162 valence electrons. The SMILES string of the molecule is CCC[C@@H](C)[C@H]1CC[C@H]2[C@@H]3CCC4CC(O)(O)C(O)(O)C[C@]4(C)[C@H]3CC[C@]12C. The fourth-order valence-corrected chi connectivity index (χ4v) is 8.96. The number of hydrogen-bond acceptors (Lipinski definition) is 4. The Hall–Kier alpha value is -0.160. The molecule has 4 saturated carbocycles. The molecular weight excluding hydrogens is 352 g/mol. The van der Waals surface area contributed by atoms with Crippen LogP contribution in [-0.4, -0.2) is 32.0 Å². The number of aliphatic hydroxyl groups is 4. The van der Waals surface area contributed by atoms with E-state index in [0.29, 0.717) is 17.3 Å². The third-order valence-electron chi connectivity index (χ3n) is 10.4. The van der Waals surface area contributed by atoms with Gasteiger partial charge in [-0.25, -0.2) is 0 Å².